The third-order valence-electron chi connectivity index (χ3n) is 2.76. The summed E-state index contributed by atoms with van der Waals surface area (Å²) in [5, 5.41) is 0. The van der Waals surface area contributed by atoms with E-state index in [0.29, 0.717) is 18.7 Å². The molecule has 1 aromatic rings. The molecule has 15 heavy (non-hydrogen) atoms. The van der Waals surface area contributed by atoms with Crippen LogP contribution in [0, 0.1) is 18.6 Å². The summed E-state index contributed by atoms with van der Waals surface area (Å²) in [6.07, 6.45) is -0.464. The van der Waals surface area contributed by atoms with Crippen LogP contribution in [0.4, 0.5) is 18.9 Å². The summed E-state index contributed by atoms with van der Waals surface area (Å²) in [5.74, 6) is -1.15. The largest absolute Gasteiger partial charge is 0.368 e. The number of anilines is 1. The van der Waals surface area contributed by atoms with E-state index in [1.807, 2.05) is 0 Å². The lowest BCUT2D eigenvalue weighted by Crippen LogP contribution is -2.20. The van der Waals surface area contributed by atoms with Crippen LogP contribution >= 0.6 is 0 Å². The predicted octanol–water partition coefficient (Wildman–Crippen LogP) is 2.82. The Morgan fingerprint density at radius 2 is 1.87 bits per heavy atom. The van der Waals surface area contributed by atoms with Crippen LogP contribution in [0.3, 0.4) is 0 Å². The lowest BCUT2D eigenvalue weighted by atomic mass is 10.2. The zero-order chi connectivity index (χ0) is 11.0. The Labute approximate surface area is 86.5 Å². The molecule has 0 amide bonds. The van der Waals surface area contributed by atoms with Crippen LogP contribution in [0.15, 0.2) is 12.1 Å². The molecule has 0 radical (unpaired) electrons. The number of hydrogen-bond donors (Lipinski definition) is 0. The van der Waals surface area contributed by atoms with E-state index in [1.54, 1.807) is 4.90 Å². The zero-order valence-corrected chi connectivity index (χ0v) is 8.43. The van der Waals surface area contributed by atoms with Crippen LogP contribution in [0.25, 0.3) is 0 Å². The first kappa shape index (κ1) is 10.3. The van der Waals surface area contributed by atoms with Gasteiger partial charge in [-0.1, -0.05) is 0 Å². The number of halogens is 3. The van der Waals surface area contributed by atoms with E-state index < -0.39 is 17.8 Å². The van der Waals surface area contributed by atoms with Gasteiger partial charge in [-0.05, 0) is 25.5 Å². The first-order valence-corrected chi connectivity index (χ1v) is 4.92. The fourth-order valence-electron chi connectivity index (χ4n) is 1.77. The lowest BCUT2D eigenvalue weighted by molar-refractivity contribution is 0.364. The minimum atomic E-state index is -0.891. The number of benzene rings is 1. The summed E-state index contributed by atoms with van der Waals surface area (Å²) in [7, 11) is 0. The molecule has 1 fully saturated rings. The average Bonchev–Trinajstić information content (AvgIpc) is 2.60. The van der Waals surface area contributed by atoms with Gasteiger partial charge in [0.1, 0.15) is 17.8 Å². The molecule has 0 saturated carbocycles. The fraction of sp³-hybridized carbons (Fsp3) is 0.455. The highest BCUT2D eigenvalue weighted by Crippen LogP contribution is 2.25. The first-order valence-electron chi connectivity index (χ1n) is 4.92. The quantitative estimate of drug-likeness (QED) is 0.696. The summed E-state index contributed by atoms with van der Waals surface area (Å²) in [5.41, 5.74) is 0.436. The van der Waals surface area contributed by atoms with Crippen LogP contribution in [0.5, 0.6) is 0 Å². The molecule has 1 aliphatic heterocycles. The number of nitrogens with zero attached hydrogens (tertiary/aromatic N) is 1. The SMILES string of the molecule is Cc1c(F)cc(N2CC[C@H](F)C2)cc1F. The van der Waals surface area contributed by atoms with E-state index in [4.69, 9.17) is 0 Å². The molecule has 0 aromatic heterocycles. The molecule has 1 aromatic carbocycles. The number of hydrogen-bond acceptors (Lipinski definition) is 1. The third-order valence-corrected chi connectivity index (χ3v) is 2.76. The topological polar surface area (TPSA) is 3.24 Å². The monoisotopic (exact) mass is 215 g/mol. The summed E-state index contributed by atoms with van der Waals surface area (Å²) in [4.78, 5) is 1.66. The van der Waals surface area contributed by atoms with Gasteiger partial charge in [-0.25, -0.2) is 13.2 Å². The number of rotatable bonds is 1. The molecule has 1 nitrogen and oxygen atoms in total. The third kappa shape index (κ3) is 1.94. The lowest BCUT2D eigenvalue weighted by Gasteiger charge is -2.18. The smallest absolute Gasteiger partial charge is 0.131 e. The van der Waals surface area contributed by atoms with Gasteiger partial charge in [0.2, 0.25) is 0 Å². The Bertz CT molecular complexity index is 355. The molecule has 1 heterocycles. The van der Waals surface area contributed by atoms with Crippen molar-refractivity contribution in [1.29, 1.82) is 0 Å². The minimum absolute atomic E-state index is 0.00902. The molecule has 2 rings (SSSR count). The summed E-state index contributed by atoms with van der Waals surface area (Å²) in [6, 6.07) is 2.52. The first-order chi connectivity index (χ1) is 7.08. The van der Waals surface area contributed by atoms with Crippen molar-refractivity contribution in [2.75, 3.05) is 18.0 Å². The molecule has 1 aliphatic rings. The molecule has 0 N–H and O–H groups in total. The van der Waals surface area contributed by atoms with E-state index in [0.717, 1.165) is 0 Å². The van der Waals surface area contributed by atoms with Gasteiger partial charge in [0, 0.05) is 24.3 Å². The van der Waals surface area contributed by atoms with E-state index in [-0.39, 0.29) is 12.1 Å². The van der Waals surface area contributed by atoms with Crippen molar-refractivity contribution < 1.29 is 13.2 Å². The molecule has 4 heteroatoms. The zero-order valence-electron chi connectivity index (χ0n) is 8.43. The van der Waals surface area contributed by atoms with Crippen LogP contribution in [-0.2, 0) is 0 Å². The van der Waals surface area contributed by atoms with E-state index in [2.05, 4.69) is 0 Å². The Morgan fingerprint density at radius 3 is 2.33 bits per heavy atom. The van der Waals surface area contributed by atoms with Crippen molar-refractivity contribution in [3.8, 4) is 0 Å². The maximum atomic E-state index is 13.2. The number of alkyl halides is 1. The van der Waals surface area contributed by atoms with E-state index >= 15 is 0 Å². The highest BCUT2D eigenvalue weighted by molar-refractivity contribution is 5.49. The van der Waals surface area contributed by atoms with Crippen molar-refractivity contribution in [3.63, 3.8) is 0 Å². The van der Waals surface area contributed by atoms with Crippen LogP contribution < -0.4 is 4.90 Å². The van der Waals surface area contributed by atoms with Gasteiger partial charge in [-0.15, -0.1) is 0 Å². The summed E-state index contributed by atoms with van der Waals surface area (Å²) < 4.78 is 39.4. The molecular formula is C11H12F3N. The highest BCUT2D eigenvalue weighted by atomic mass is 19.1. The Balaban J connectivity index is 2.29. The minimum Gasteiger partial charge on any atom is -0.368 e. The van der Waals surface area contributed by atoms with Crippen molar-refractivity contribution in [2.24, 2.45) is 0 Å². The maximum absolute atomic E-state index is 13.2. The van der Waals surface area contributed by atoms with Crippen LogP contribution in [-0.4, -0.2) is 19.3 Å². The molecule has 0 aliphatic carbocycles. The van der Waals surface area contributed by atoms with Gasteiger partial charge in [0.05, 0.1) is 0 Å². The second-order valence-corrected chi connectivity index (χ2v) is 3.87. The Hall–Kier alpha value is -1.19. The van der Waals surface area contributed by atoms with Crippen molar-refractivity contribution in [1.82, 2.24) is 0 Å². The average molecular weight is 215 g/mol. The summed E-state index contributed by atoms with van der Waals surface area (Å²) >= 11 is 0. The van der Waals surface area contributed by atoms with Crippen LogP contribution in [0.2, 0.25) is 0 Å². The molecule has 1 atom stereocenters. The van der Waals surface area contributed by atoms with Gasteiger partial charge in [0.25, 0.3) is 0 Å². The predicted molar refractivity (Wildman–Crippen MR) is 52.8 cm³/mol. The second-order valence-electron chi connectivity index (χ2n) is 3.87. The van der Waals surface area contributed by atoms with Gasteiger partial charge in [-0.2, -0.15) is 0 Å². The summed E-state index contributed by atoms with van der Waals surface area (Å²) in [6.45, 7) is 2.13. The Morgan fingerprint density at radius 1 is 1.27 bits per heavy atom. The van der Waals surface area contributed by atoms with Crippen molar-refractivity contribution in [2.45, 2.75) is 19.5 Å². The fourth-order valence-corrected chi connectivity index (χ4v) is 1.77. The second kappa shape index (κ2) is 3.76. The standard InChI is InChI=1S/C11H12F3N/c1-7-10(13)4-9(5-11(7)14)15-3-2-8(12)6-15/h4-5,8H,2-3,6H2,1H3/t8-/m0/s1. The van der Waals surface area contributed by atoms with Crippen molar-refractivity contribution >= 4 is 5.69 Å². The molecule has 0 bridgehead atoms. The highest BCUT2D eigenvalue weighted by Gasteiger charge is 2.23. The maximum Gasteiger partial charge on any atom is 0.131 e. The normalized spacial score (nSPS) is 21.1. The van der Waals surface area contributed by atoms with Crippen molar-refractivity contribution in [3.05, 3.63) is 29.3 Å². The Kier molecular flexibility index (Phi) is 2.59. The molecule has 0 spiro atoms. The molecule has 82 valence electrons. The molecule has 0 unspecified atom stereocenters. The van der Waals surface area contributed by atoms with Gasteiger partial charge in [-0.3, -0.25) is 0 Å². The van der Waals surface area contributed by atoms with Gasteiger partial charge in [0.15, 0.2) is 0 Å². The molecular weight excluding hydrogens is 203 g/mol. The molecule has 1 saturated heterocycles. The van der Waals surface area contributed by atoms with Gasteiger partial charge >= 0.3 is 0 Å². The van der Waals surface area contributed by atoms with E-state index in [1.165, 1.54) is 19.1 Å². The van der Waals surface area contributed by atoms with Crippen LogP contribution in [0.1, 0.15) is 12.0 Å². The van der Waals surface area contributed by atoms with Gasteiger partial charge < -0.3 is 4.90 Å². The van der Waals surface area contributed by atoms with E-state index in [9.17, 15) is 13.2 Å².